The predicted molar refractivity (Wildman–Crippen MR) is 100 cm³/mol. The SMILES string of the molecule is CC(=O)NC[C@H]1CN(c2ccc(N3CCC4(CC3)C[C@H]4C#N)c(F)c2)C(=O)O1. The van der Waals surface area contributed by atoms with Crippen molar-refractivity contribution in [2.45, 2.75) is 32.3 Å². The summed E-state index contributed by atoms with van der Waals surface area (Å²) in [7, 11) is 0. The number of cyclic esters (lactones) is 1. The molecule has 0 aromatic heterocycles. The van der Waals surface area contributed by atoms with Gasteiger partial charge in [0, 0.05) is 20.0 Å². The lowest BCUT2D eigenvalue weighted by Gasteiger charge is -2.34. The van der Waals surface area contributed by atoms with Crippen molar-refractivity contribution < 1.29 is 18.7 Å². The molecule has 1 aromatic carbocycles. The van der Waals surface area contributed by atoms with E-state index in [0.29, 0.717) is 11.4 Å². The third kappa shape index (κ3) is 3.37. The van der Waals surface area contributed by atoms with Crippen LogP contribution in [0, 0.1) is 28.5 Å². The molecular weight excluding hydrogens is 363 g/mol. The van der Waals surface area contributed by atoms with Crippen molar-refractivity contribution in [3.05, 3.63) is 24.0 Å². The first kappa shape index (κ1) is 18.5. The molecule has 2 aliphatic heterocycles. The van der Waals surface area contributed by atoms with Crippen LogP contribution in [-0.2, 0) is 9.53 Å². The second kappa shape index (κ2) is 6.97. The van der Waals surface area contributed by atoms with Crippen LogP contribution in [0.15, 0.2) is 18.2 Å². The molecule has 2 amide bonds. The number of anilines is 2. The number of halogens is 1. The zero-order valence-electron chi connectivity index (χ0n) is 15.8. The molecule has 1 aliphatic carbocycles. The Morgan fingerprint density at radius 2 is 2.18 bits per heavy atom. The monoisotopic (exact) mass is 386 g/mol. The van der Waals surface area contributed by atoms with Crippen molar-refractivity contribution in [1.82, 2.24) is 5.32 Å². The number of hydrogen-bond donors (Lipinski definition) is 1. The van der Waals surface area contributed by atoms with Gasteiger partial charge in [0.2, 0.25) is 5.91 Å². The first-order chi connectivity index (χ1) is 13.4. The zero-order valence-corrected chi connectivity index (χ0v) is 15.8. The molecule has 2 atom stereocenters. The third-order valence-corrected chi connectivity index (χ3v) is 6.14. The number of nitrogens with zero attached hydrogens (tertiary/aromatic N) is 3. The maximum atomic E-state index is 14.8. The molecule has 1 aromatic rings. The maximum Gasteiger partial charge on any atom is 0.414 e. The molecule has 1 N–H and O–H groups in total. The number of rotatable bonds is 4. The molecule has 8 heteroatoms. The van der Waals surface area contributed by atoms with Crippen molar-refractivity contribution in [3.8, 4) is 6.07 Å². The highest BCUT2D eigenvalue weighted by Crippen LogP contribution is 2.59. The maximum absolute atomic E-state index is 14.8. The van der Waals surface area contributed by atoms with Crippen molar-refractivity contribution in [2.24, 2.45) is 11.3 Å². The summed E-state index contributed by atoms with van der Waals surface area (Å²) in [6, 6.07) is 7.14. The van der Waals surface area contributed by atoms with Crippen LogP contribution in [0.25, 0.3) is 0 Å². The van der Waals surface area contributed by atoms with Gasteiger partial charge in [0.15, 0.2) is 0 Å². The molecule has 4 rings (SSSR count). The molecule has 3 fully saturated rings. The van der Waals surface area contributed by atoms with Crippen molar-refractivity contribution >= 4 is 23.4 Å². The van der Waals surface area contributed by atoms with E-state index in [1.54, 1.807) is 12.1 Å². The molecule has 2 saturated heterocycles. The van der Waals surface area contributed by atoms with Crippen LogP contribution in [0.5, 0.6) is 0 Å². The van der Waals surface area contributed by atoms with Gasteiger partial charge < -0.3 is 15.0 Å². The molecule has 0 radical (unpaired) electrons. The van der Waals surface area contributed by atoms with Crippen LogP contribution in [0.3, 0.4) is 0 Å². The number of hydrogen-bond acceptors (Lipinski definition) is 5. The van der Waals surface area contributed by atoms with Crippen LogP contribution in [-0.4, -0.2) is 44.3 Å². The standard InChI is InChI=1S/C20H23FN4O3/c1-13(26)23-11-16-12-25(19(27)28-16)15-2-3-18(17(21)8-15)24-6-4-20(5-7-24)9-14(20)10-22/h2-3,8,14,16H,4-7,9,11-12H2,1H3,(H,23,26)/t14-,16-/m0/s1. The minimum atomic E-state index is -0.543. The minimum Gasteiger partial charge on any atom is -0.442 e. The lowest BCUT2D eigenvalue weighted by molar-refractivity contribution is -0.119. The number of carbonyl (C=O) groups is 2. The highest BCUT2D eigenvalue weighted by Gasteiger charge is 2.55. The van der Waals surface area contributed by atoms with Crippen molar-refractivity contribution in [3.63, 3.8) is 0 Å². The summed E-state index contributed by atoms with van der Waals surface area (Å²) in [5.74, 6) is -0.409. The molecule has 7 nitrogen and oxygen atoms in total. The van der Waals surface area contributed by atoms with Gasteiger partial charge in [0.1, 0.15) is 11.9 Å². The Bertz CT molecular complexity index is 844. The largest absolute Gasteiger partial charge is 0.442 e. The van der Waals surface area contributed by atoms with Crippen molar-refractivity contribution in [1.29, 1.82) is 5.26 Å². The molecule has 0 unspecified atom stereocenters. The Morgan fingerprint density at radius 3 is 2.79 bits per heavy atom. The summed E-state index contributed by atoms with van der Waals surface area (Å²) in [4.78, 5) is 26.5. The lowest BCUT2D eigenvalue weighted by Crippen LogP contribution is -2.35. The van der Waals surface area contributed by atoms with Gasteiger partial charge in [-0.15, -0.1) is 0 Å². The second-order valence-corrected chi connectivity index (χ2v) is 7.92. The smallest absolute Gasteiger partial charge is 0.414 e. The Labute approximate surface area is 163 Å². The molecule has 1 saturated carbocycles. The molecule has 2 heterocycles. The van der Waals surface area contributed by atoms with Gasteiger partial charge in [-0.1, -0.05) is 0 Å². The van der Waals surface area contributed by atoms with Gasteiger partial charge >= 0.3 is 6.09 Å². The first-order valence-corrected chi connectivity index (χ1v) is 9.58. The molecule has 0 bridgehead atoms. The number of amides is 2. The average molecular weight is 386 g/mol. The van der Waals surface area contributed by atoms with E-state index in [1.165, 1.54) is 17.9 Å². The summed E-state index contributed by atoms with van der Waals surface area (Å²) >= 11 is 0. The predicted octanol–water partition coefficient (Wildman–Crippen LogP) is 2.42. The van der Waals surface area contributed by atoms with E-state index in [2.05, 4.69) is 11.4 Å². The van der Waals surface area contributed by atoms with Crippen LogP contribution in [0.1, 0.15) is 26.2 Å². The molecule has 148 valence electrons. The summed E-state index contributed by atoms with van der Waals surface area (Å²) < 4.78 is 20.0. The van der Waals surface area contributed by atoms with Gasteiger partial charge in [-0.05, 0) is 42.9 Å². The van der Waals surface area contributed by atoms with E-state index in [1.807, 2.05) is 4.90 Å². The van der Waals surface area contributed by atoms with Crippen LogP contribution >= 0.6 is 0 Å². The van der Waals surface area contributed by atoms with E-state index in [0.717, 1.165) is 32.4 Å². The van der Waals surface area contributed by atoms with E-state index < -0.39 is 12.2 Å². The Hall–Kier alpha value is -2.82. The molecule has 3 aliphatic rings. The first-order valence-electron chi connectivity index (χ1n) is 9.58. The fraction of sp³-hybridized carbons (Fsp3) is 0.550. The average Bonchev–Trinajstić information content (AvgIpc) is 3.22. The van der Waals surface area contributed by atoms with E-state index in [4.69, 9.17) is 10.00 Å². The van der Waals surface area contributed by atoms with Crippen molar-refractivity contribution in [2.75, 3.05) is 36.0 Å². The van der Waals surface area contributed by atoms with Crippen LogP contribution in [0.2, 0.25) is 0 Å². The summed E-state index contributed by atoms with van der Waals surface area (Å²) in [5.41, 5.74) is 1.12. The number of carbonyl (C=O) groups excluding carboxylic acids is 2. The lowest BCUT2D eigenvalue weighted by atomic mass is 9.91. The number of ether oxygens (including phenoxy) is 1. The van der Waals surface area contributed by atoms with Gasteiger partial charge in [-0.3, -0.25) is 9.69 Å². The summed E-state index contributed by atoms with van der Waals surface area (Å²) in [5, 5.41) is 11.7. The van der Waals surface area contributed by atoms with E-state index in [-0.39, 0.29) is 36.1 Å². The van der Waals surface area contributed by atoms with Gasteiger partial charge in [0.05, 0.1) is 36.5 Å². The molecular formula is C20H23FN4O3. The normalized spacial score (nSPS) is 25.4. The van der Waals surface area contributed by atoms with E-state index in [9.17, 15) is 14.0 Å². The van der Waals surface area contributed by atoms with Gasteiger partial charge in [-0.2, -0.15) is 5.26 Å². The highest BCUT2D eigenvalue weighted by atomic mass is 19.1. The Balaban J connectivity index is 1.40. The molecule has 1 spiro atoms. The van der Waals surface area contributed by atoms with E-state index >= 15 is 0 Å². The molecule has 28 heavy (non-hydrogen) atoms. The van der Waals surface area contributed by atoms with Crippen LogP contribution < -0.4 is 15.1 Å². The number of nitrogens with one attached hydrogen (secondary N) is 1. The Kier molecular flexibility index (Phi) is 4.61. The zero-order chi connectivity index (χ0) is 19.9. The third-order valence-electron chi connectivity index (χ3n) is 6.14. The van der Waals surface area contributed by atoms with Gasteiger partial charge in [-0.25, -0.2) is 9.18 Å². The fourth-order valence-corrected chi connectivity index (χ4v) is 4.29. The number of nitriles is 1. The summed E-state index contributed by atoms with van der Waals surface area (Å²) in [6.45, 7) is 3.36. The topological polar surface area (TPSA) is 85.7 Å². The Morgan fingerprint density at radius 1 is 1.43 bits per heavy atom. The number of piperidine rings is 1. The quantitative estimate of drug-likeness (QED) is 0.859. The number of benzene rings is 1. The second-order valence-electron chi connectivity index (χ2n) is 7.92. The fourth-order valence-electron chi connectivity index (χ4n) is 4.29. The van der Waals surface area contributed by atoms with Crippen LogP contribution in [0.4, 0.5) is 20.6 Å². The minimum absolute atomic E-state index is 0.157. The highest BCUT2D eigenvalue weighted by molar-refractivity contribution is 5.90. The van der Waals surface area contributed by atoms with Gasteiger partial charge in [0.25, 0.3) is 0 Å². The summed E-state index contributed by atoms with van der Waals surface area (Å²) in [6.07, 6.45) is 1.80.